The number of aromatic nitrogens is 2. The van der Waals surface area contributed by atoms with Crippen LogP contribution in [0.4, 0.5) is 8.78 Å². The smallest absolute Gasteiger partial charge is 0.327 e. The molecule has 0 aliphatic carbocycles. The molecule has 2 aromatic rings. The SMILES string of the molecule is CCOC(=O)Cn1nc(C(C)(F)F)c2cc(Br)ccc2c1=O. The highest BCUT2D eigenvalue weighted by molar-refractivity contribution is 9.10. The van der Waals surface area contributed by atoms with Crippen molar-refractivity contribution in [3.8, 4) is 0 Å². The predicted octanol–water partition coefficient (Wildman–Crippen LogP) is 2.83. The van der Waals surface area contributed by atoms with E-state index in [1.165, 1.54) is 12.1 Å². The van der Waals surface area contributed by atoms with Crippen LogP contribution in [0.1, 0.15) is 19.5 Å². The molecule has 0 spiro atoms. The summed E-state index contributed by atoms with van der Waals surface area (Å²) in [6.07, 6.45) is 0. The van der Waals surface area contributed by atoms with E-state index < -0.39 is 29.7 Å². The first kappa shape index (κ1) is 16.5. The number of hydrogen-bond acceptors (Lipinski definition) is 4. The molecule has 0 fully saturated rings. The molecule has 1 aromatic carbocycles. The number of nitrogens with zero attached hydrogens (tertiary/aromatic N) is 2. The maximum absolute atomic E-state index is 13.8. The second-order valence-corrected chi connectivity index (χ2v) is 5.61. The van der Waals surface area contributed by atoms with Crippen LogP contribution in [0.5, 0.6) is 0 Å². The number of fused-ring (bicyclic) bond motifs is 1. The molecule has 0 bridgehead atoms. The Kier molecular flexibility index (Phi) is 4.60. The lowest BCUT2D eigenvalue weighted by molar-refractivity contribution is -0.144. The topological polar surface area (TPSA) is 61.2 Å². The van der Waals surface area contributed by atoms with Crippen LogP contribution < -0.4 is 5.56 Å². The fraction of sp³-hybridized carbons (Fsp3) is 0.357. The van der Waals surface area contributed by atoms with Crippen molar-refractivity contribution in [1.82, 2.24) is 9.78 Å². The van der Waals surface area contributed by atoms with Crippen molar-refractivity contribution < 1.29 is 18.3 Å². The Balaban J connectivity index is 2.70. The van der Waals surface area contributed by atoms with Crippen molar-refractivity contribution in [2.24, 2.45) is 0 Å². The van der Waals surface area contributed by atoms with Crippen molar-refractivity contribution in [1.29, 1.82) is 0 Å². The number of rotatable bonds is 4. The molecule has 1 heterocycles. The number of carbonyl (C=O) groups is 1. The number of carbonyl (C=O) groups excluding carboxylic acids is 1. The first-order valence-electron chi connectivity index (χ1n) is 6.48. The van der Waals surface area contributed by atoms with Gasteiger partial charge in [0.2, 0.25) is 0 Å². The molecule has 0 saturated carbocycles. The summed E-state index contributed by atoms with van der Waals surface area (Å²) in [5.74, 6) is -3.97. The second-order valence-electron chi connectivity index (χ2n) is 4.69. The Hall–Kier alpha value is -1.83. The maximum Gasteiger partial charge on any atom is 0.327 e. The summed E-state index contributed by atoms with van der Waals surface area (Å²) >= 11 is 3.18. The van der Waals surface area contributed by atoms with Gasteiger partial charge >= 0.3 is 5.97 Å². The minimum atomic E-state index is -3.26. The zero-order valence-corrected chi connectivity index (χ0v) is 13.5. The molecule has 1 aromatic heterocycles. The van der Waals surface area contributed by atoms with Gasteiger partial charge in [-0.3, -0.25) is 9.59 Å². The van der Waals surface area contributed by atoms with Crippen molar-refractivity contribution in [3.05, 3.63) is 38.7 Å². The lowest BCUT2D eigenvalue weighted by Gasteiger charge is -2.15. The standard InChI is InChI=1S/C14H13BrF2N2O3/c1-3-22-11(20)7-19-13(21)9-5-4-8(15)6-10(9)12(18-19)14(2,16)17/h4-6H,3,7H2,1-2H3. The van der Waals surface area contributed by atoms with Gasteiger partial charge in [0.25, 0.3) is 11.5 Å². The number of hydrogen-bond donors (Lipinski definition) is 0. The van der Waals surface area contributed by atoms with Crippen molar-refractivity contribution >= 4 is 32.7 Å². The molecule has 2 rings (SSSR count). The van der Waals surface area contributed by atoms with E-state index in [2.05, 4.69) is 21.0 Å². The van der Waals surface area contributed by atoms with E-state index in [1.807, 2.05) is 0 Å². The molecule has 118 valence electrons. The normalized spacial score (nSPS) is 11.7. The predicted molar refractivity (Wildman–Crippen MR) is 79.9 cm³/mol. The van der Waals surface area contributed by atoms with Crippen molar-refractivity contribution in [2.75, 3.05) is 6.61 Å². The Bertz CT molecular complexity index is 784. The molecule has 0 radical (unpaired) electrons. The lowest BCUT2D eigenvalue weighted by atomic mass is 10.1. The molecule has 22 heavy (non-hydrogen) atoms. The maximum atomic E-state index is 13.8. The lowest BCUT2D eigenvalue weighted by Crippen LogP contribution is -2.31. The van der Waals surface area contributed by atoms with E-state index in [0.717, 1.165) is 0 Å². The van der Waals surface area contributed by atoms with Crippen molar-refractivity contribution in [3.63, 3.8) is 0 Å². The zero-order chi connectivity index (χ0) is 16.5. The van der Waals surface area contributed by atoms with Crippen LogP contribution in [0.3, 0.4) is 0 Å². The number of alkyl halides is 2. The average Bonchev–Trinajstić information content (AvgIpc) is 2.40. The fourth-order valence-electron chi connectivity index (χ4n) is 2.02. The van der Waals surface area contributed by atoms with Crippen LogP contribution in [0.25, 0.3) is 10.8 Å². The Morgan fingerprint density at radius 3 is 2.68 bits per heavy atom. The third kappa shape index (κ3) is 3.32. The third-order valence-corrected chi connectivity index (χ3v) is 3.42. The number of benzene rings is 1. The third-order valence-electron chi connectivity index (χ3n) is 2.92. The first-order chi connectivity index (χ1) is 10.2. The quantitative estimate of drug-likeness (QED) is 0.772. The first-order valence-corrected chi connectivity index (χ1v) is 7.27. The highest BCUT2D eigenvalue weighted by Gasteiger charge is 2.31. The molecule has 0 unspecified atom stereocenters. The Morgan fingerprint density at radius 1 is 1.41 bits per heavy atom. The van der Waals surface area contributed by atoms with E-state index in [9.17, 15) is 18.4 Å². The molecule has 0 N–H and O–H groups in total. The summed E-state index contributed by atoms with van der Waals surface area (Å²) in [6, 6.07) is 4.39. The second kappa shape index (κ2) is 6.12. The summed E-state index contributed by atoms with van der Waals surface area (Å²) in [7, 11) is 0. The summed E-state index contributed by atoms with van der Waals surface area (Å²) in [6.45, 7) is 1.92. The molecule has 0 atom stereocenters. The Labute approximate surface area is 133 Å². The van der Waals surface area contributed by atoms with Crippen LogP contribution in [0.2, 0.25) is 0 Å². The van der Waals surface area contributed by atoms with Crippen LogP contribution in [-0.2, 0) is 22.0 Å². The Morgan fingerprint density at radius 2 is 2.09 bits per heavy atom. The van der Waals surface area contributed by atoms with E-state index in [-0.39, 0.29) is 17.4 Å². The number of ether oxygens (including phenoxy) is 1. The molecular weight excluding hydrogens is 362 g/mol. The molecule has 5 nitrogen and oxygen atoms in total. The van der Waals surface area contributed by atoms with Gasteiger partial charge < -0.3 is 4.74 Å². The zero-order valence-electron chi connectivity index (χ0n) is 11.9. The van der Waals surface area contributed by atoms with Crippen LogP contribution in [0.15, 0.2) is 27.5 Å². The summed E-state index contributed by atoms with van der Waals surface area (Å²) in [5, 5.41) is 3.78. The molecular formula is C14H13BrF2N2O3. The van der Waals surface area contributed by atoms with Gasteiger partial charge in [0.15, 0.2) is 0 Å². The largest absolute Gasteiger partial charge is 0.465 e. The van der Waals surface area contributed by atoms with Gasteiger partial charge in [-0.25, -0.2) is 4.68 Å². The number of esters is 1. The van der Waals surface area contributed by atoms with Gasteiger partial charge in [-0.15, -0.1) is 0 Å². The minimum Gasteiger partial charge on any atom is -0.465 e. The summed E-state index contributed by atoms with van der Waals surface area (Å²) in [4.78, 5) is 23.8. The fourth-order valence-corrected chi connectivity index (χ4v) is 2.38. The molecule has 0 aliphatic heterocycles. The highest BCUT2D eigenvalue weighted by atomic mass is 79.9. The van der Waals surface area contributed by atoms with Gasteiger partial charge in [-0.05, 0) is 25.1 Å². The van der Waals surface area contributed by atoms with Crippen LogP contribution in [0, 0.1) is 0 Å². The summed E-state index contributed by atoms with van der Waals surface area (Å²) in [5.41, 5.74) is -1.18. The van der Waals surface area contributed by atoms with Gasteiger partial charge in [0, 0.05) is 16.8 Å². The highest BCUT2D eigenvalue weighted by Crippen LogP contribution is 2.31. The summed E-state index contributed by atoms with van der Waals surface area (Å²) < 4.78 is 33.6. The molecule has 0 saturated heterocycles. The van der Waals surface area contributed by atoms with E-state index in [0.29, 0.717) is 16.1 Å². The van der Waals surface area contributed by atoms with Crippen molar-refractivity contribution in [2.45, 2.75) is 26.3 Å². The average molecular weight is 375 g/mol. The van der Waals surface area contributed by atoms with Crippen LogP contribution >= 0.6 is 15.9 Å². The van der Waals surface area contributed by atoms with E-state index >= 15 is 0 Å². The van der Waals surface area contributed by atoms with Gasteiger partial charge in [0.1, 0.15) is 12.2 Å². The monoisotopic (exact) mass is 374 g/mol. The van der Waals surface area contributed by atoms with Gasteiger partial charge in [-0.1, -0.05) is 15.9 Å². The van der Waals surface area contributed by atoms with Gasteiger partial charge in [0.05, 0.1) is 12.0 Å². The molecule has 0 amide bonds. The van der Waals surface area contributed by atoms with E-state index in [1.54, 1.807) is 13.0 Å². The van der Waals surface area contributed by atoms with Gasteiger partial charge in [-0.2, -0.15) is 13.9 Å². The van der Waals surface area contributed by atoms with E-state index in [4.69, 9.17) is 4.74 Å². The minimum absolute atomic E-state index is 0.0481. The molecule has 8 heteroatoms. The molecule has 0 aliphatic rings. The van der Waals surface area contributed by atoms with Crippen LogP contribution in [-0.4, -0.2) is 22.4 Å². The number of halogens is 3.